The van der Waals surface area contributed by atoms with Gasteiger partial charge in [-0.15, -0.1) is 0 Å². The Morgan fingerprint density at radius 1 is 1.15 bits per heavy atom. The van der Waals surface area contributed by atoms with Crippen LogP contribution >= 0.6 is 0 Å². The molecule has 1 aromatic carbocycles. The predicted octanol–water partition coefficient (Wildman–Crippen LogP) is 2.37. The van der Waals surface area contributed by atoms with Crippen LogP contribution in [0.5, 0.6) is 0 Å². The van der Waals surface area contributed by atoms with E-state index >= 15 is 0 Å². The van der Waals surface area contributed by atoms with Crippen LogP contribution in [0, 0.1) is 17.5 Å². The Kier molecular flexibility index (Phi) is 4.04. The molecular weight excluding hydrogens is 273 g/mol. The van der Waals surface area contributed by atoms with Gasteiger partial charge in [-0.3, -0.25) is 0 Å². The highest BCUT2D eigenvalue weighted by atomic mass is 19.2. The van der Waals surface area contributed by atoms with E-state index in [4.69, 9.17) is 10.5 Å². The fourth-order valence-corrected chi connectivity index (χ4v) is 1.55. The van der Waals surface area contributed by atoms with E-state index in [1.54, 1.807) is 0 Å². The number of rotatable bonds is 4. The summed E-state index contributed by atoms with van der Waals surface area (Å²) in [5.41, 5.74) is 5.58. The van der Waals surface area contributed by atoms with E-state index in [9.17, 15) is 13.2 Å². The lowest BCUT2D eigenvalue weighted by atomic mass is 10.3. The molecule has 2 rings (SSSR count). The Bertz CT molecular complexity index is 613. The molecule has 1 heterocycles. The maximum absolute atomic E-state index is 13.1. The van der Waals surface area contributed by atoms with Crippen molar-refractivity contribution in [2.45, 2.75) is 6.61 Å². The Balaban J connectivity index is 2.30. The number of methoxy groups -OCH3 is 1. The number of hydrogen-bond donors (Lipinski definition) is 2. The molecule has 0 radical (unpaired) electrons. The molecule has 0 saturated heterocycles. The zero-order valence-electron chi connectivity index (χ0n) is 10.5. The van der Waals surface area contributed by atoms with Gasteiger partial charge in [0, 0.05) is 31.0 Å². The van der Waals surface area contributed by atoms with Gasteiger partial charge in [0.15, 0.2) is 23.3 Å². The van der Waals surface area contributed by atoms with E-state index in [2.05, 4.69) is 15.3 Å². The number of benzene rings is 1. The van der Waals surface area contributed by atoms with Crippen molar-refractivity contribution in [3.05, 3.63) is 41.5 Å². The van der Waals surface area contributed by atoms with Crippen LogP contribution in [0.15, 0.2) is 18.2 Å². The summed E-state index contributed by atoms with van der Waals surface area (Å²) in [5.74, 6) is -3.44. The Morgan fingerprint density at radius 3 is 2.40 bits per heavy atom. The van der Waals surface area contributed by atoms with Gasteiger partial charge in [-0.25, -0.2) is 23.1 Å². The fraction of sp³-hybridized carbons (Fsp3) is 0.167. The molecule has 1 aromatic heterocycles. The van der Waals surface area contributed by atoms with E-state index in [-0.39, 0.29) is 23.9 Å². The minimum atomic E-state index is -1.53. The summed E-state index contributed by atoms with van der Waals surface area (Å²) < 4.78 is 43.9. The standard InChI is InChI=1S/C12H11F3N4O/c1-20-5-11-18-9(16)4-10(19-11)17-6-2-7(13)12(15)8(14)3-6/h2-4H,5H2,1H3,(H3,16,17,18,19). The number of halogens is 3. The number of hydrogen-bond acceptors (Lipinski definition) is 5. The Hall–Kier alpha value is -2.35. The van der Waals surface area contributed by atoms with Crippen molar-refractivity contribution in [1.82, 2.24) is 9.97 Å². The number of anilines is 3. The van der Waals surface area contributed by atoms with Crippen LogP contribution in [0.4, 0.5) is 30.5 Å². The number of ether oxygens (including phenoxy) is 1. The predicted molar refractivity (Wildman–Crippen MR) is 66.8 cm³/mol. The molecule has 0 spiro atoms. The van der Waals surface area contributed by atoms with Crippen molar-refractivity contribution >= 4 is 17.3 Å². The molecule has 0 atom stereocenters. The number of nitrogens with zero attached hydrogens (tertiary/aromatic N) is 2. The summed E-state index contributed by atoms with van der Waals surface area (Å²) in [4.78, 5) is 7.94. The summed E-state index contributed by atoms with van der Waals surface area (Å²) in [6, 6.07) is 3.00. The van der Waals surface area contributed by atoms with E-state index in [0.29, 0.717) is 5.82 Å². The zero-order chi connectivity index (χ0) is 14.7. The van der Waals surface area contributed by atoms with Crippen LogP contribution < -0.4 is 11.1 Å². The first-order valence-electron chi connectivity index (χ1n) is 5.53. The van der Waals surface area contributed by atoms with Gasteiger partial charge in [0.25, 0.3) is 0 Å². The molecule has 0 unspecified atom stereocenters. The van der Waals surface area contributed by atoms with E-state index in [1.807, 2.05) is 0 Å². The number of aromatic nitrogens is 2. The maximum atomic E-state index is 13.1. The molecule has 0 fully saturated rings. The first kappa shape index (κ1) is 14.1. The summed E-state index contributed by atoms with van der Waals surface area (Å²) in [6.07, 6.45) is 0. The molecule has 2 aromatic rings. The monoisotopic (exact) mass is 284 g/mol. The molecule has 0 saturated carbocycles. The van der Waals surface area contributed by atoms with Crippen molar-refractivity contribution in [2.75, 3.05) is 18.2 Å². The molecule has 0 aliphatic rings. The molecule has 0 aliphatic carbocycles. The Morgan fingerprint density at radius 2 is 1.80 bits per heavy atom. The Labute approximate surface area is 112 Å². The van der Waals surface area contributed by atoms with Crippen molar-refractivity contribution in [3.63, 3.8) is 0 Å². The fourth-order valence-electron chi connectivity index (χ4n) is 1.55. The topological polar surface area (TPSA) is 73.1 Å². The summed E-state index contributed by atoms with van der Waals surface area (Å²) in [7, 11) is 1.46. The molecule has 20 heavy (non-hydrogen) atoms. The molecule has 5 nitrogen and oxygen atoms in total. The minimum absolute atomic E-state index is 0.00265. The van der Waals surface area contributed by atoms with Crippen molar-refractivity contribution < 1.29 is 17.9 Å². The second-order valence-electron chi connectivity index (χ2n) is 3.91. The van der Waals surface area contributed by atoms with Gasteiger partial charge in [-0.1, -0.05) is 0 Å². The van der Waals surface area contributed by atoms with E-state index in [0.717, 1.165) is 12.1 Å². The van der Waals surface area contributed by atoms with Gasteiger partial charge in [-0.2, -0.15) is 0 Å². The first-order valence-corrected chi connectivity index (χ1v) is 5.53. The zero-order valence-corrected chi connectivity index (χ0v) is 10.5. The van der Waals surface area contributed by atoms with Crippen LogP contribution in [0.25, 0.3) is 0 Å². The quantitative estimate of drug-likeness (QED) is 0.843. The number of nitrogen functional groups attached to an aromatic ring is 1. The minimum Gasteiger partial charge on any atom is -0.384 e. The number of nitrogens with two attached hydrogens (primary N) is 1. The van der Waals surface area contributed by atoms with Crippen molar-refractivity contribution in [3.8, 4) is 0 Å². The third-order valence-corrected chi connectivity index (χ3v) is 2.32. The lowest BCUT2D eigenvalue weighted by Crippen LogP contribution is -2.05. The lowest BCUT2D eigenvalue weighted by Gasteiger charge is -2.09. The molecule has 8 heteroatoms. The summed E-state index contributed by atoms with van der Waals surface area (Å²) in [5, 5.41) is 2.62. The van der Waals surface area contributed by atoms with Crippen LogP contribution in [-0.2, 0) is 11.3 Å². The van der Waals surface area contributed by atoms with E-state index < -0.39 is 17.5 Å². The molecule has 3 N–H and O–H groups in total. The SMILES string of the molecule is COCc1nc(N)cc(Nc2cc(F)c(F)c(F)c2)n1. The van der Waals surface area contributed by atoms with Gasteiger partial charge in [0.1, 0.15) is 18.2 Å². The van der Waals surface area contributed by atoms with Gasteiger partial charge < -0.3 is 15.8 Å². The lowest BCUT2D eigenvalue weighted by molar-refractivity contribution is 0.178. The highest BCUT2D eigenvalue weighted by Gasteiger charge is 2.11. The average molecular weight is 284 g/mol. The summed E-state index contributed by atoms with van der Waals surface area (Å²) >= 11 is 0. The maximum Gasteiger partial charge on any atom is 0.194 e. The molecular formula is C12H11F3N4O. The third kappa shape index (κ3) is 3.15. The average Bonchev–Trinajstić information content (AvgIpc) is 2.35. The summed E-state index contributed by atoms with van der Waals surface area (Å²) in [6.45, 7) is 0.131. The number of nitrogens with one attached hydrogen (secondary N) is 1. The highest BCUT2D eigenvalue weighted by Crippen LogP contribution is 2.21. The second-order valence-corrected chi connectivity index (χ2v) is 3.91. The van der Waals surface area contributed by atoms with Crippen LogP contribution in [0.2, 0.25) is 0 Å². The van der Waals surface area contributed by atoms with Crippen LogP contribution in [-0.4, -0.2) is 17.1 Å². The van der Waals surface area contributed by atoms with Crippen molar-refractivity contribution in [1.29, 1.82) is 0 Å². The molecule has 0 amide bonds. The molecule has 0 aliphatic heterocycles. The molecule has 0 bridgehead atoms. The smallest absolute Gasteiger partial charge is 0.194 e. The normalized spacial score (nSPS) is 10.6. The molecule has 106 valence electrons. The van der Waals surface area contributed by atoms with Crippen LogP contribution in [0.3, 0.4) is 0 Å². The van der Waals surface area contributed by atoms with Gasteiger partial charge >= 0.3 is 0 Å². The van der Waals surface area contributed by atoms with Crippen LogP contribution in [0.1, 0.15) is 5.82 Å². The highest BCUT2D eigenvalue weighted by molar-refractivity contribution is 5.58. The largest absolute Gasteiger partial charge is 0.384 e. The second kappa shape index (κ2) is 5.74. The third-order valence-electron chi connectivity index (χ3n) is 2.32. The van der Waals surface area contributed by atoms with Gasteiger partial charge in [0.05, 0.1) is 0 Å². The van der Waals surface area contributed by atoms with E-state index in [1.165, 1.54) is 13.2 Å². The first-order chi connectivity index (χ1) is 9.49. The van der Waals surface area contributed by atoms with Gasteiger partial charge in [0.2, 0.25) is 0 Å². The van der Waals surface area contributed by atoms with Gasteiger partial charge in [-0.05, 0) is 0 Å². The van der Waals surface area contributed by atoms with Crippen molar-refractivity contribution in [2.24, 2.45) is 0 Å².